The Morgan fingerprint density at radius 3 is 2.39 bits per heavy atom. The summed E-state index contributed by atoms with van der Waals surface area (Å²) >= 11 is 0. The minimum Gasteiger partial charge on any atom is -0.455 e. The Kier molecular flexibility index (Phi) is 7.12. The molecule has 0 saturated carbocycles. The zero-order chi connectivity index (χ0) is 20.7. The first-order valence-electron chi connectivity index (χ1n) is 8.93. The highest BCUT2D eigenvalue weighted by Gasteiger charge is 2.23. The van der Waals surface area contributed by atoms with Crippen LogP contribution in [0.25, 0.3) is 0 Å². The van der Waals surface area contributed by atoms with Gasteiger partial charge in [0.25, 0.3) is 0 Å². The first-order chi connectivity index (χ1) is 13.2. The minimum absolute atomic E-state index is 0.0801. The molecule has 2 aromatic carbocycles. The van der Waals surface area contributed by atoms with Gasteiger partial charge in [-0.3, -0.25) is 9.59 Å². The Morgan fingerprint density at radius 1 is 1.07 bits per heavy atom. The lowest BCUT2D eigenvalue weighted by molar-refractivity contribution is -0.136. The number of nitrogens with zero attached hydrogens (tertiary/aromatic N) is 1. The molecule has 0 unspecified atom stereocenters. The predicted molar refractivity (Wildman–Crippen MR) is 107 cm³/mol. The maximum Gasteiger partial charge on any atom is 0.313 e. The first-order valence-corrected chi connectivity index (χ1v) is 8.93. The summed E-state index contributed by atoms with van der Waals surface area (Å²) < 4.78 is 19.3. The van der Waals surface area contributed by atoms with Crippen molar-refractivity contribution in [1.82, 2.24) is 10.2 Å². The summed E-state index contributed by atoms with van der Waals surface area (Å²) in [4.78, 5) is 26.4. The van der Waals surface area contributed by atoms with Crippen molar-refractivity contribution >= 4 is 17.5 Å². The first kappa shape index (κ1) is 21.4. The Bertz CT molecular complexity index is 823. The number of benzene rings is 2. The number of nitrogens with one attached hydrogen (secondary N) is 2. The molecule has 0 aliphatic heterocycles. The number of carbonyl (C=O) groups excluding carboxylic acids is 2. The van der Waals surface area contributed by atoms with Crippen LogP contribution in [0, 0.1) is 11.2 Å². The van der Waals surface area contributed by atoms with Gasteiger partial charge in [-0.15, -0.1) is 0 Å². The molecule has 7 heteroatoms. The van der Waals surface area contributed by atoms with Gasteiger partial charge in [0.1, 0.15) is 11.6 Å². The topological polar surface area (TPSA) is 70.7 Å². The van der Waals surface area contributed by atoms with E-state index < -0.39 is 17.6 Å². The van der Waals surface area contributed by atoms with Gasteiger partial charge >= 0.3 is 11.8 Å². The Labute approximate surface area is 164 Å². The number of hydrogen-bond donors (Lipinski definition) is 2. The second-order valence-corrected chi connectivity index (χ2v) is 7.59. The molecule has 0 fully saturated rings. The Morgan fingerprint density at radius 2 is 1.75 bits per heavy atom. The molecule has 0 radical (unpaired) electrons. The number of para-hydroxylation sites is 1. The molecule has 0 aromatic heterocycles. The molecule has 150 valence electrons. The Hall–Kier alpha value is -2.93. The number of amides is 2. The molecule has 2 N–H and O–H groups in total. The van der Waals surface area contributed by atoms with Gasteiger partial charge < -0.3 is 20.3 Å². The van der Waals surface area contributed by atoms with E-state index in [2.05, 4.69) is 10.6 Å². The third-order valence-corrected chi connectivity index (χ3v) is 3.84. The lowest BCUT2D eigenvalue weighted by atomic mass is 9.93. The molecule has 0 aliphatic carbocycles. The quantitative estimate of drug-likeness (QED) is 0.716. The van der Waals surface area contributed by atoms with Gasteiger partial charge in [0.15, 0.2) is 5.75 Å². The highest BCUT2D eigenvalue weighted by atomic mass is 19.1. The van der Waals surface area contributed by atoms with E-state index >= 15 is 0 Å². The van der Waals surface area contributed by atoms with E-state index in [0.717, 1.165) is 12.6 Å². The Balaban J connectivity index is 2.04. The third-order valence-electron chi connectivity index (χ3n) is 3.84. The molecule has 2 amide bonds. The fourth-order valence-electron chi connectivity index (χ4n) is 2.80. The summed E-state index contributed by atoms with van der Waals surface area (Å²) in [5.41, 5.74) is -0.128. The molecule has 0 bridgehead atoms. The smallest absolute Gasteiger partial charge is 0.313 e. The van der Waals surface area contributed by atoms with Crippen molar-refractivity contribution in [2.24, 2.45) is 5.41 Å². The average Bonchev–Trinajstić information content (AvgIpc) is 2.62. The monoisotopic (exact) mass is 387 g/mol. The molecule has 2 aromatic rings. The van der Waals surface area contributed by atoms with Crippen LogP contribution in [0.2, 0.25) is 0 Å². The van der Waals surface area contributed by atoms with Crippen molar-refractivity contribution in [3.05, 3.63) is 54.3 Å². The van der Waals surface area contributed by atoms with Crippen molar-refractivity contribution in [2.45, 2.75) is 13.8 Å². The van der Waals surface area contributed by atoms with Crippen LogP contribution < -0.4 is 15.4 Å². The summed E-state index contributed by atoms with van der Waals surface area (Å²) in [5, 5.41) is 5.04. The van der Waals surface area contributed by atoms with Crippen molar-refractivity contribution in [1.29, 1.82) is 0 Å². The van der Waals surface area contributed by atoms with Gasteiger partial charge in [-0.25, -0.2) is 4.39 Å². The summed E-state index contributed by atoms with van der Waals surface area (Å²) in [5.74, 6) is -1.46. The predicted octanol–water partition coefficient (Wildman–Crippen LogP) is 3.26. The molecule has 28 heavy (non-hydrogen) atoms. The summed E-state index contributed by atoms with van der Waals surface area (Å²) in [6, 6.07) is 12.6. The van der Waals surface area contributed by atoms with Crippen LogP contribution in [-0.4, -0.2) is 43.9 Å². The number of hydrogen-bond acceptors (Lipinski definition) is 4. The van der Waals surface area contributed by atoms with E-state index in [4.69, 9.17) is 4.74 Å². The molecule has 0 heterocycles. The highest BCUT2D eigenvalue weighted by Crippen LogP contribution is 2.30. The molecular weight excluding hydrogens is 361 g/mol. The molecule has 0 spiro atoms. The normalized spacial score (nSPS) is 11.2. The fraction of sp³-hybridized carbons (Fsp3) is 0.333. The standard InChI is InChI=1S/C21H26FN3O3/c1-21(2,14-25(3)4)13-23-19(26)20(27)24-17-12-15(22)10-11-18(17)28-16-8-6-5-7-9-16/h5-12H,13-14H2,1-4H3,(H,23,26)(H,24,27). The number of ether oxygens (including phenoxy) is 1. The largest absolute Gasteiger partial charge is 0.455 e. The third kappa shape index (κ3) is 6.66. The molecule has 6 nitrogen and oxygen atoms in total. The maximum absolute atomic E-state index is 13.7. The van der Waals surface area contributed by atoms with E-state index in [9.17, 15) is 14.0 Å². The number of rotatable bonds is 7. The van der Waals surface area contributed by atoms with Gasteiger partial charge in [-0.1, -0.05) is 32.0 Å². The van der Waals surface area contributed by atoms with Crippen molar-refractivity contribution in [3.8, 4) is 11.5 Å². The van der Waals surface area contributed by atoms with Crippen LogP contribution in [0.3, 0.4) is 0 Å². The van der Waals surface area contributed by atoms with Crippen LogP contribution in [0.15, 0.2) is 48.5 Å². The van der Waals surface area contributed by atoms with Crippen LogP contribution in [0.5, 0.6) is 11.5 Å². The molecular formula is C21H26FN3O3. The summed E-state index contributed by atoms with van der Waals surface area (Å²) in [7, 11) is 3.88. The number of anilines is 1. The zero-order valence-electron chi connectivity index (χ0n) is 16.6. The van der Waals surface area contributed by atoms with E-state index in [1.165, 1.54) is 12.1 Å². The van der Waals surface area contributed by atoms with Crippen LogP contribution in [-0.2, 0) is 9.59 Å². The van der Waals surface area contributed by atoms with Crippen molar-refractivity contribution in [3.63, 3.8) is 0 Å². The molecule has 2 rings (SSSR count). The summed E-state index contributed by atoms with van der Waals surface area (Å²) in [6.45, 7) is 5.05. The van der Waals surface area contributed by atoms with Crippen LogP contribution in [0.1, 0.15) is 13.8 Å². The van der Waals surface area contributed by atoms with Crippen molar-refractivity contribution in [2.75, 3.05) is 32.5 Å². The number of carbonyl (C=O) groups is 2. The van der Waals surface area contributed by atoms with Crippen molar-refractivity contribution < 1.29 is 18.7 Å². The van der Waals surface area contributed by atoms with E-state index in [1.54, 1.807) is 24.3 Å². The zero-order valence-corrected chi connectivity index (χ0v) is 16.6. The lowest BCUT2D eigenvalue weighted by Crippen LogP contribution is -2.43. The van der Waals surface area contributed by atoms with Crippen LogP contribution in [0.4, 0.5) is 10.1 Å². The van der Waals surface area contributed by atoms with Crippen LogP contribution >= 0.6 is 0 Å². The van der Waals surface area contributed by atoms with Gasteiger partial charge in [-0.05, 0) is 43.8 Å². The average molecular weight is 387 g/mol. The lowest BCUT2D eigenvalue weighted by Gasteiger charge is -2.28. The minimum atomic E-state index is -0.885. The second kappa shape index (κ2) is 9.32. The molecule has 0 saturated heterocycles. The van der Waals surface area contributed by atoms with Gasteiger partial charge in [0.05, 0.1) is 5.69 Å². The SMILES string of the molecule is CN(C)CC(C)(C)CNC(=O)C(=O)Nc1cc(F)ccc1Oc1ccccc1. The number of halogens is 1. The van der Waals surface area contributed by atoms with E-state index in [0.29, 0.717) is 12.3 Å². The molecule has 0 atom stereocenters. The van der Waals surface area contributed by atoms with Gasteiger partial charge in [-0.2, -0.15) is 0 Å². The van der Waals surface area contributed by atoms with Gasteiger partial charge in [0, 0.05) is 19.2 Å². The van der Waals surface area contributed by atoms with Gasteiger partial charge in [0.2, 0.25) is 0 Å². The summed E-state index contributed by atoms with van der Waals surface area (Å²) in [6.07, 6.45) is 0. The maximum atomic E-state index is 13.7. The highest BCUT2D eigenvalue weighted by molar-refractivity contribution is 6.39. The fourth-order valence-corrected chi connectivity index (χ4v) is 2.80. The van der Waals surface area contributed by atoms with E-state index in [1.807, 2.05) is 38.9 Å². The van der Waals surface area contributed by atoms with E-state index in [-0.39, 0.29) is 16.9 Å². The molecule has 0 aliphatic rings. The second-order valence-electron chi connectivity index (χ2n) is 7.59.